The number of benzene rings is 1. The maximum Gasteiger partial charge on any atom is 0.336 e. The highest BCUT2D eigenvalue weighted by Crippen LogP contribution is 2.33. The summed E-state index contributed by atoms with van der Waals surface area (Å²) in [4.78, 5) is 11.7. The fourth-order valence-electron chi connectivity index (χ4n) is 2.19. The molecule has 0 aliphatic heterocycles. The molecule has 0 amide bonds. The minimum Gasteiger partial charge on any atom is -0.508 e. The minimum atomic E-state index is -0.418. The third-order valence-electron chi connectivity index (χ3n) is 3.32. The van der Waals surface area contributed by atoms with Gasteiger partial charge in [-0.2, -0.15) is 0 Å². The molecule has 0 unspecified atom stereocenters. The number of aryl methyl sites for hydroxylation is 1. The van der Waals surface area contributed by atoms with E-state index in [0.29, 0.717) is 17.8 Å². The molecule has 2 heterocycles. The van der Waals surface area contributed by atoms with Gasteiger partial charge in [0.1, 0.15) is 11.3 Å². The minimum absolute atomic E-state index is 0.154. The van der Waals surface area contributed by atoms with Gasteiger partial charge in [0.05, 0.1) is 0 Å². The summed E-state index contributed by atoms with van der Waals surface area (Å²) in [5.41, 5.74) is 1.69. The van der Waals surface area contributed by atoms with Gasteiger partial charge in [0.15, 0.2) is 8.68 Å². The van der Waals surface area contributed by atoms with Gasteiger partial charge in [-0.15, -0.1) is 10.2 Å². The fraction of sp³-hybridized carbons (Fsp3) is 0.267. The molecule has 0 atom stereocenters. The monoisotopic (exact) mass is 366 g/mol. The number of hydrogen-bond acceptors (Lipinski definition) is 8. The highest BCUT2D eigenvalue weighted by atomic mass is 32.2. The maximum atomic E-state index is 11.7. The van der Waals surface area contributed by atoms with Crippen molar-refractivity contribution in [3.63, 3.8) is 0 Å². The highest BCUT2D eigenvalue weighted by Gasteiger charge is 2.11. The van der Waals surface area contributed by atoms with E-state index in [1.807, 2.05) is 19.2 Å². The molecule has 0 spiro atoms. The van der Waals surface area contributed by atoms with E-state index in [1.54, 1.807) is 11.8 Å². The molecule has 23 heavy (non-hydrogen) atoms. The number of fused-ring (bicyclic) bond motifs is 1. The Morgan fingerprint density at radius 3 is 2.70 bits per heavy atom. The van der Waals surface area contributed by atoms with Crippen molar-refractivity contribution >= 4 is 45.8 Å². The van der Waals surface area contributed by atoms with E-state index >= 15 is 0 Å². The Morgan fingerprint density at radius 1 is 1.22 bits per heavy atom. The Hall–Kier alpha value is -1.51. The van der Waals surface area contributed by atoms with Crippen molar-refractivity contribution < 1.29 is 9.52 Å². The molecule has 8 heteroatoms. The molecule has 3 aromatic rings. The number of aromatic hydroxyl groups is 1. The first-order chi connectivity index (χ1) is 11.1. The van der Waals surface area contributed by atoms with Crippen molar-refractivity contribution in [2.75, 3.05) is 6.26 Å². The zero-order chi connectivity index (χ0) is 16.4. The number of hydrogen-bond donors (Lipinski definition) is 1. The van der Waals surface area contributed by atoms with Crippen molar-refractivity contribution in [1.29, 1.82) is 0 Å². The summed E-state index contributed by atoms with van der Waals surface area (Å²) in [6.07, 6.45) is 2.67. The Balaban J connectivity index is 1.96. The van der Waals surface area contributed by atoms with E-state index in [-0.39, 0.29) is 5.75 Å². The van der Waals surface area contributed by atoms with Crippen molar-refractivity contribution in [2.45, 2.75) is 27.8 Å². The van der Waals surface area contributed by atoms with Crippen LogP contribution in [-0.4, -0.2) is 21.6 Å². The molecule has 3 rings (SSSR count). The van der Waals surface area contributed by atoms with Crippen LogP contribution in [0, 0.1) is 0 Å². The topological polar surface area (TPSA) is 76.2 Å². The number of phenols is 1. The SMILES string of the molecule is CCc1cc2c(CSc3nnc(SC)s3)cc(=O)oc2cc1O. The van der Waals surface area contributed by atoms with Crippen LogP contribution in [0.15, 0.2) is 36.1 Å². The van der Waals surface area contributed by atoms with E-state index in [1.165, 1.54) is 35.2 Å². The molecule has 2 aromatic heterocycles. The van der Waals surface area contributed by atoms with E-state index in [9.17, 15) is 9.90 Å². The van der Waals surface area contributed by atoms with Crippen LogP contribution in [-0.2, 0) is 12.2 Å². The summed E-state index contributed by atoms with van der Waals surface area (Å²) in [6.45, 7) is 1.97. The Morgan fingerprint density at radius 2 is 2.00 bits per heavy atom. The van der Waals surface area contributed by atoms with Crippen LogP contribution in [0.2, 0.25) is 0 Å². The second-order valence-electron chi connectivity index (χ2n) is 4.75. The number of phenolic OH excluding ortho intramolecular Hbond substituents is 1. The summed E-state index contributed by atoms with van der Waals surface area (Å²) in [7, 11) is 0. The highest BCUT2D eigenvalue weighted by molar-refractivity contribution is 8.02. The molecule has 0 bridgehead atoms. The lowest BCUT2D eigenvalue weighted by Gasteiger charge is -2.07. The second kappa shape index (κ2) is 6.94. The van der Waals surface area contributed by atoms with E-state index in [2.05, 4.69) is 10.2 Å². The van der Waals surface area contributed by atoms with Crippen LogP contribution in [0.3, 0.4) is 0 Å². The van der Waals surface area contributed by atoms with Gasteiger partial charge in [0.25, 0.3) is 0 Å². The molecule has 0 aliphatic carbocycles. The van der Waals surface area contributed by atoms with Gasteiger partial charge in [0.2, 0.25) is 0 Å². The first-order valence-electron chi connectivity index (χ1n) is 6.89. The number of thioether (sulfide) groups is 2. The van der Waals surface area contributed by atoms with Gasteiger partial charge in [-0.05, 0) is 29.9 Å². The Labute approximate surface area is 145 Å². The van der Waals surface area contributed by atoms with Crippen molar-refractivity contribution in [3.8, 4) is 5.75 Å². The van der Waals surface area contributed by atoms with Crippen LogP contribution in [0.1, 0.15) is 18.1 Å². The predicted octanol–water partition coefficient (Wildman–Crippen LogP) is 3.93. The number of aromatic nitrogens is 2. The summed E-state index contributed by atoms with van der Waals surface area (Å²) in [5, 5.41) is 19.0. The lowest BCUT2D eigenvalue weighted by atomic mass is 10.1. The van der Waals surface area contributed by atoms with Gasteiger partial charge < -0.3 is 9.52 Å². The summed E-state index contributed by atoms with van der Waals surface area (Å²) < 4.78 is 6.99. The molecule has 0 aliphatic rings. The molecule has 0 saturated carbocycles. The van der Waals surface area contributed by atoms with Gasteiger partial charge in [-0.3, -0.25) is 0 Å². The smallest absolute Gasteiger partial charge is 0.336 e. The summed E-state index contributed by atoms with van der Waals surface area (Å²) in [6, 6.07) is 4.90. The third kappa shape index (κ3) is 3.54. The average Bonchev–Trinajstić information content (AvgIpc) is 3.00. The lowest BCUT2D eigenvalue weighted by Crippen LogP contribution is -2.00. The molecular formula is C15H14N2O3S3. The quantitative estimate of drug-likeness (QED) is 0.541. The third-order valence-corrected chi connectivity index (χ3v) is 6.40. The van der Waals surface area contributed by atoms with Gasteiger partial charge in [-0.1, -0.05) is 41.8 Å². The number of nitrogens with zero attached hydrogens (tertiary/aromatic N) is 2. The van der Waals surface area contributed by atoms with Gasteiger partial charge in [0, 0.05) is 23.3 Å². The normalized spacial score (nSPS) is 11.2. The zero-order valence-electron chi connectivity index (χ0n) is 12.5. The standard InChI is InChI=1S/C15H14N2O3S3/c1-3-8-4-10-9(5-13(19)20-12(10)6-11(8)18)7-22-15-17-16-14(21-2)23-15/h4-6,18H,3,7H2,1-2H3. The molecule has 0 fully saturated rings. The summed E-state index contributed by atoms with van der Waals surface area (Å²) >= 11 is 4.64. The van der Waals surface area contributed by atoms with Crippen LogP contribution in [0.5, 0.6) is 5.75 Å². The van der Waals surface area contributed by atoms with Crippen LogP contribution in [0.25, 0.3) is 11.0 Å². The van der Waals surface area contributed by atoms with E-state index in [0.717, 1.165) is 25.2 Å². The molecule has 0 saturated heterocycles. The van der Waals surface area contributed by atoms with E-state index in [4.69, 9.17) is 4.42 Å². The maximum absolute atomic E-state index is 11.7. The molecular weight excluding hydrogens is 352 g/mol. The molecule has 120 valence electrons. The first kappa shape index (κ1) is 16.4. The average molecular weight is 366 g/mol. The second-order valence-corrected chi connectivity index (χ2v) is 8.00. The Bertz CT molecular complexity index is 905. The number of rotatable bonds is 5. The van der Waals surface area contributed by atoms with Crippen LogP contribution in [0.4, 0.5) is 0 Å². The zero-order valence-corrected chi connectivity index (χ0v) is 15.0. The van der Waals surface area contributed by atoms with Crippen molar-refractivity contribution in [1.82, 2.24) is 10.2 Å². The van der Waals surface area contributed by atoms with E-state index < -0.39 is 5.63 Å². The lowest BCUT2D eigenvalue weighted by molar-refractivity contribution is 0.466. The first-order valence-corrected chi connectivity index (χ1v) is 9.92. The largest absolute Gasteiger partial charge is 0.508 e. The van der Waals surface area contributed by atoms with Gasteiger partial charge in [-0.25, -0.2) is 4.79 Å². The predicted molar refractivity (Wildman–Crippen MR) is 94.8 cm³/mol. The molecule has 0 radical (unpaired) electrons. The summed E-state index contributed by atoms with van der Waals surface area (Å²) in [5.74, 6) is 0.751. The fourth-order valence-corrected chi connectivity index (χ4v) is 4.62. The Kier molecular flexibility index (Phi) is 4.93. The molecule has 1 N–H and O–H groups in total. The van der Waals surface area contributed by atoms with Crippen molar-refractivity contribution in [2.24, 2.45) is 0 Å². The van der Waals surface area contributed by atoms with Gasteiger partial charge >= 0.3 is 5.63 Å². The van der Waals surface area contributed by atoms with Crippen LogP contribution < -0.4 is 5.63 Å². The van der Waals surface area contributed by atoms with Crippen LogP contribution >= 0.6 is 34.9 Å². The van der Waals surface area contributed by atoms with Crippen molar-refractivity contribution in [3.05, 3.63) is 39.7 Å². The molecule has 5 nitrogen and oxygen atoms in total. The molecule has 1 aromatic carbocycles.